The Balaban J connectivity index is 2.13. The molecule has 0 unspecified atom stereocenters. The van der Waals surface area contributed by atoms with Crippen LogP contribution >= 0.6 is 11.3 Å². The molecule has 100 valence electrons. The molecule has 19 heavy (non-hydrogen) atoms. The summed E-state index contributed by atoms with van der Waals surface area (Å²) in [7, 11) is 0. The number of nitrogens with zero attached hydrogens (tertiary/aromatic N) is 2. The number of carbonyl (C=O) groups excluding carboxylic acids is 1. The van der Waals surface area contributed by atoms with Gasteiger partial charge in [-0.3, -0.25) is 16.0 Å². The van der Waals surface area contributed by atoms with Crippen LogP contribution in [0.3, 0.4) is 0 Å². The zero-order chi connectivity index (χ0) is 13.8. The minimum absolute atomic E-state index is 0.203. The van der Waals surface area contributed by atoms with E-state index in [1.165, 1.54) is 11.3 Å². The van der Waals surface area contributed by atoms with E-state index in [4.69, 9.17) is 5.84 Å². The quantitative estimate of drug-likeness (QED) is 0.586. The molecule has 0 bridgehead atoms. The number of hydrazine groups is 1. The second-order valence-corrected chi connectivity index (χ2v) is 5.04. The van der Waals surface area contributed by atoms with Gasteiger partial charge in [-0.2, -0.15) is 0 Å². The van der Waals surface area contributed by atoms with Crippen molar-refractivity contribution in [2.75, 3.05) is 10.7 Å². The van der Waals surface area contributed by atoms with Gasteiger partial charge in [0.25, 0.3) is 5.91 Å². The summed E-state index contributed by atoms with van der Waals surface area (Å²) in [5, 5.41) is 12.0. The van der Waals surface area contributed by atoms with E-state index in [0.717, 1.165) is 22.7 Å². The molecule has 1 amide bonds. The summed E-state index contributed by atoms with van der Waals surface area (Å²) in [6.07, 6.45) is 0.809. The molecule has 6 nitrogen and oxygen atoms in total. The zero-order valence-corrected chi connectivity index (χ0v) is 11.5. The van der Waals surface area contributed by atoms with Crippen molar-refractivity contribution < 1.29 is 4.79 Å². The summed E-state index contributed by atoms with van der Waals surface area (Å²) in [5.74, 6) is 5.15. The molecule has 7 heteroatoms. The van der Waals surface area contributed by atoms with Gasteiger partial charge in [0.2, 0.25) is 5.13 Å². The average Bonchev–Trinajstić information content (AvgIpc) is 2.86. The van der Waals surface area contributed by atoms with Gasteiger partial charge in [0.15, 0.2) is 0 Å². The lowest BCUT2D eigenvalue weighted by atomic mass is 10.1. The van der Waals surface area contributed by atoms with E-state index in [1.54, 1.807) is 18.2 Å². The van der Waals surface area contributed by atoms with E-state index in [1.807, 2.05) is 13.8 Å². The average molecular weight is 277 g/mol. The van der Waals surface area contributed by atoms with Gasteiger partial charge < -0.3 is 5.43 Å². The van der Waals surface area contributed by atoms with E-state index in [0.29, 0.717) is 10.7 Å². The first kappa shape index (κ1) is 13.4. The minimum Gasteiger partial charge on any atom is -0.324 e. The van der Waals surface area contributed by atoms with Crippen molar-refractivity contribution in [3.63, 3.8) is 0 Å². The van der Waals surface area contributed by atoms with E-state index in [9.17, 15) is 4.79 Å². The lowest BCUT2D eigenvalue weighted by Crippen LogP contribution is -2.13. The largest absolute Gasteiger partial charge is 0.324 e. The molecule has 0 fully saturated rings. The third-order valence-electron chi connectivity index (χ3n) is 2.63. The highest BCUT2D eigenvalue weighted by Crippen LogP contribution is 2.19. The number of nitrogens with one attached hydrogen (secondary N) is 2. The molecular weight excluding hydrogens is 262 g/mol. The predicted octanol–water partition coefficient (Wildman–Crippen LogP) is 1.95. The molecule has 0 spiro atoms. The number of anilines is 2. The standard InChI is InChI=1S/C12H15N5OS/c1-3-10-16-17-12(19-10)14-11(18)8-4-5-9(15-13)7(2)6-8/h4-6,15H,3,13H2,1-2H3,(H,14,17,18). The number of aryl methyl sites for hydroxylation is 2. The van der Waals surface area contributed by atoms with Crippen LogP contribution in [0.25, 0.3) is 0 Å². The van der Waals surface area contributed by atoms with Crippen LogP contribution in [0.5, 0.6) is 0 Å². The van der Waals surface area contributed by atoms with Gasteiger partial charge in [-0.25, -0.2) is 0 Å². The Hall–Kier alpha value is -1.99. The summed E-state index contributed by atoms with van der Waals surface area (Å²) in [6.45, 7) is 3.88. The highest BCUT2D eigenvalue weighted by Gasteiger charge is 2.10. The van der Waals surface area contributed by atoms with Gasteiger partial charge in [-0.05, 0) is 37.1 Å². The van der Waals surface area contributed by atoms with Crippen molar-refractivity contribution in [2.45, 2.75) is 20.3 Å². The fourth-order valence-electron chi connectivity index (χ4n) is 1.58. The summed E-state index contributed by atoms with van der Waals surface area (Å²) in [6, 6.07) is 5.24. The van der Waals surface area contributed by atoms with Gasteiger partial charge in [0.1, 0.15) is 5.01 Å². The number of aromatic nitrogens is 2. The Morgan fingerprint density at radius 2 is 2.21 bits per heavy atom. The van der Waals surface area contributed by atoms with Crippen LogP contribution in [0.1, 0.15) is 27.9 Å². The third kappa shape index (κ3) is 3.07. The minimum atomic E-state index is -0.203. The highest BCUT2D eigenvalue weighted by atomic mass is 32.1. The zero-order valence-electron chi connectivity index (χ0n) is 10.7. The Morgan fingerprint density at radius 1 is 1.42 bits per heavy atom. The first-order chi connectivity index (χ1) is 9.13. The van der Waals surface area contributed by atoms with Crippen LogP contribution in [0.2, 0.25) is 0 Å². The molecule has 0 radical (unpaired) electrons. The van der Waals surface area contributed by atoms with Crippen molar-refractivity contribution in [1.29, 1.82) is 0 Å². The van der Waals surface area contributed by atoms with Gasteiger partial charge in [-0.1, -0.05) is 18.3 Å². The Morgan fingerprint density at radius 3 is 2.79 bits per heavy atom. The Bertz CT molecular complexity index is 596. The van der Waals surface area contributed by atoms with Gasteiger partial charge >= 0.3 is 0 Å². The first-order valence-electron chi connectivity index (χ1n) is 5.85. The molecule has 0 aliphatic carbocycles. The number of carbonyl (C=O) groups is 1. The molecule has 1 heterocycles. The smallest absolute Gasteiger partial charge is 0.257 e. The fraction of sp³-hybridized carbons (Fsp3) is 0.250. The fourth-order valence-corrected chi connectivity index (χ4v) is 2.26. The highest BCUT2D eigenvalue weighted by molar-refractivity contribution is 7.15. The summed E-state index contributed by atoms with van der Waals surface area (Å²) in [5.41, 5.74) is 4.83. The maximum atomic E-state index is 12.0. The van der Waals surface area contributed by atoms with Gasteiger partial charge in [0.05, 0.1) is 5.69 Å². The van der Waals surface area contributed by atoms with Crippen LogP contribution < -0.4 is 16.6 Å². The number of benzene rings is 1. The molecule has 1 aromatic carbocycles. The second kappa shape index (κ2) is 5.77. The topological polar surface area (TPSA) is 92.9 Å². The van der Waals surface area contributed by atoms with Crippen LogP contribution in [0.15, 0.2) is 18.2 Å². The summed E-state index contributed by atoms with van der Waals surface area (Å²) < 4.78 is 0. The molecule has 0 aliphatic rings. The molecule has 1 aromatic heterocycles. The predicted molar refractivity (Wildman–Crippen MR) is 76.2 cm³/mol. The molecule has 2 rings (SSSR count). The van der Waals surface area contributed by atoms with Crippen molar-refractivity contribution in [2.24, 2.45) is 5.84 Å². The van der Waals surface area contributed by atoms with Crippen LogP contribution in [-0.4, -0.2) is 16.1 Å². The van der Waals surface area contributed by atoms with E-state index in [-0.39, 0.29) is 5.91 Å². The summed E-state index contributed by atoms with van der Waals surface area (Å²) >= 11 is 1.38. The van der Waals surface area contributed by atoms with Crippen molar-refractivity contribution in [3.8, 4) is 0 Å². The van der Waals surface area contributed by atoms with Crippen LogP contribution in [-0.2, 0) is 6.42 Å². The lowest BCUT2D eigenvalue weighted by molar-refractivity contribution is 0.102. The van der Waals surface area contributed by atoms with Crippen molar-refractivity contribution in [3.05, 3.63) is 34.3 Å². The Labute approximate surface area is 115 Å². The number of hydrogen-bond acceptors (Lipinski definition) is 6. The molecule has 0 saturated heterocycles. The normalized spacial score (nSPS) is 10.3. The maximum absolute atomic E-state index is 12.0. The van der Waals surface area contributed by atoms with E-state index < -0.39 is 0 Å². The molecule has 0 aliphatic heterocycles. The lowest BCUT2D eigenvalue weighted by Gasteiger charge is -2.07. The number of hydrogen-bond donors (Lipinski definition) is 3. The number of nitrogens with two attached hydrogens (primary N) is 1. The number of nitrogen functional groups attached to an aromatic ring is 1. The van der Waals surface area contributed by atoms with E-state index in [2.05, 4.69) is 20.9 Å². The van der Waals surface area contributed by atoms with Crippen LogP contribution in [0, 0.1) is 6.92 Å². The SMILES string of the molecule is CCc1nnc(NC(=O)c2ccc(NN)c(C)c2)s1. The van der Waals surface area contributed by atoms with Crippen LogP contribution in [0.4, 0.5) is 10.8 Å². The maximum Gasteiger partial charge on any atom is 0.257 e. The monoisotopic (exact) mass is 277 g/mol. The summed E-state index contributed by atoms with van der Waals surface area (Å²) in [4.78, 5) is 12.0. The Kier molecular flexibility index (Phi) is 4.08. The molecule has 4 N–H and O–H groups in total. The van der Waals surface area contributed by atoms with Gasteiger partial charge in [-0.15, -0.1) is 10.2 Å². The van der Waals surface area contributed by atoms with Crippen molar-refractivity contribution >= 4 is 28.1 Å². The van der Waals surface area contributed by atoms with Crippen molar-refractivity contribution in [1.82, 2.24) is 10.2 Å². The number of amides is 1. The van der Waals surface area contributed by atoms with E-state index >= 15 is 0 Å². The first-order valence-corrected chi connectivity index (χ1v) is 6.66. The van der Waals surface area contributed by atoms with Gasteiger partial charge in [0, 0.05) is 5.56 Å². The molecule has 0 saturated carbocycles. The number of rotatable bonds is 4. The second-order valence-electron chi connectivity index (χ2n) is 3.98. The molecular formula is C12H15N5OS. The third-order valence-corrected chi connectivity index (χ3v) is 3.62. The molecule has 2 aromatic rings. The molecule has 0 atom stereocenters.